The molecule has 2 bridgehead atoms. The summed E-state index contributed by atoms with van der Waals surface area (Å²) in [7, 11) is 1.63. The van der Waals surface area contributed by atoms with Gasteiger partial charge < -0.3 is 44.9 Å². The second kappa shape index (κ2) is 22.3. The summed E-state index contributed by atoms with van der Waals surface area (Å²) in [5.74, 6) is -0.304. The zero-order valence-corrected chi connectivity index (χ0v) is 47.4. The van der Waals surface area contributed by atoms with Gasteiger partial charge in [0.1, 0.15) is 53.2 Å². The number of carbonyl (C=O) groups excluding carboxylic acids is 2. The van der Waals surface area contributed by atoms with Crippen molar-refractivity contribution in [2.45, 2.75) is 115 Å². The van der Waals surface area contributed by atoms with E-state index in [1.807, 2.05) is 76.2 Å². The molecule has 0 radical (unpaired) electrons. The summed E-state index contributed by atoms with van der Waals surface area (Å²) in [5, 5.41) is 45.6. The number of piperazine rings is 1. The molecule has 0 unspecified atom stereocenters. The van der Waals surface area contributed by atoms with Gasteiger partial charge in [-0.05, 0) is 85.8 Å². The number of aliphatic hydroxyl groups excluding tert-OH is 2. The molecule has 4 aliphatic rings. The molecule has 2 amide bonds. The standard InChI is InChI=1S/C59H64ClFN12O7S/c1-29(2)53(58(77)72-23-40(75)18-46(72)57(76)65-45(25-74)36-13-15-37(16-14-36)55-32(5)63-28-81-55)73-24-44(68-70-73)35-9-7-33(8-10-35)27-79-54-48(47-31(4)50(61)49(60)51-43(47)21-64-69-51)41(34-11-12-34)19-42-52(54)66-59(80-26-30(3)78-6)67-56(42)71-22-38-17-39(71)20-62-38/h7-10,13-16,19,21,24,28-30,34,38-40,45-46,53,62,74-75H,11-12,17-18,20,22-23,25-27H2,1-6H3,(H,64,69)(H,65,76)/t30-,38-,39-,40+,45-,46-,53-/m0/s1. The molecule has 5 N–H and O–H groups in total. The topological polar surface area (TPSA) is 231 Å². The van der Waals surface area contributed by atoms with Crippen LogP contribution in [0, 0.1) is 25.6 Å². The second-order valence-corrected chi connectivity index (χ2v) is 23.5. The molecule has 22 heteroatoms. The SMILES string of the molecule is CO[C@@H](C)COc1nc(N2C[C@@H]3C[C@H]2CN3)c2cc(C3CC3)c(-c3c(C)c(F)c(Cl)c4[nH]ncc34)c(OCc3ccc(-c4cn([C@H](C(=O)N5C[C@H](O)C[C@H]5C(=O)N[C@@H](CO)c5ccc(-c6scnc6C)cc5)C(C)C)nn4)cc3)c2n1. The number of thiazole rings is 1. The van der Waals surface area contributed by atoms with E-state index in [9.17, 15) is 19.8 Å². The van der Waals surface area contributed by atoms with Gasteiger partial charge in [-0.15, -0.1) is 16.4 Å². The van der Waals surface area contributed by atoms with Crippen LogP contribution < -0.4 is 25.0 Å². The van der Waals surface area contributed by atoms with Crippen LogP contribution >= 0.6 is 22.9 Å². The molecule has 4 aromatic carbocycles. The Balaban J connectivity index is 0.830. The van der Waals surface area contributed by atoms with Gasteiger partial charge in [-0.2, -0.15) is 15.1 Å². The Morgan fingerprint density at radius 1 is 0.988 bits per heavy atom. The minimum absolute atomic E-state index is 0.0359. The summed E-state index contributed by atoms with van der Waals surface area (Å²) in [5.41, 5.74) is 10.1. The highest BCUT2D eigenvalue weighted by atomic mass is 35.5. The van der Waals surface area contributed by atoms with Crippen LogP contribution in [0.5, 0.6) is 11.8 Å². The number of aromatic nitrogens is 8. The lowest BCUT2D eigenvalue weighted by Crippen LogP contribution is -2.50. The molecule has 81 heavy (non-hydrogen) atoms. The number of aryl methyl sites for hydroxylation is 1. The first-order valence-corrected chi connectivity index (χ1v) is 28.8. The van der Waals surface area contributed by atoms with Gasteiger partial charge in [0.2, 0.25) is 11.8 Å². The van der Waals surface area contributed by atoms with Crippen molar-refractivity contribution in [1.29, 1.82) is 0 Å². The maximum absolute atomic E-state index is 16.4. The zero-order chi connectivity index (χ0) is 56.4. The van der Waals surface area contributed by atoms with Crippen molar-refractivity contribution in [3.05, 3.63) is 111 Å². The Labute approximate surface area is 476 Å². The number of nitrogens with one attached hydrogen (secondary N) is 3. The molecule has 7 heterocycles. The third kappa shape index (κ3) is 10.4. The van der Waals surface area contributed by atoms with E-state index in [-0.39, 0.29) is 73.7 Å². The van der Waals surface area contributed by atoms with Crippen molar-refractivity contribution in [3.63, 3.8) is 0 Å². The van der Waals surface area contributed by atoms with Crippen molar-refractivity contribution in [2.24, 2.45) is 5.92 Å². The summed E-state index contributed by atoms with van der Waals surface area (Å²) < 4.78 is 36.8. The Morgan fingerprint density at radius 3 is 2.44 bits per heavy atom. The number of β-amino-alcohol motifs (C(OH)–C–C–N with tert-alkyl or cyclic N) is 1. The summed E-state index contributed by atoms with van der Waals surface area (Å²) in [6.45, 7) is 10.9. The smallest absolute Gasteiger partial charge is 0.319 e. The molecule has 12 rings (SSSR count). The quantitative estimate of drug-likeness (QED) is 0.0512. The van der Waals surface area contributed by atoms with Gasteiger partial charge in [-0.1, -0.05) is 79.2 Å². The fourth-order valence-electron chi connectivity index (χ4n) is 11.9. The van der Waals surface area contributed by atoms with Crippen molar-refractivity contribution >= 4 is 62.4 Å². The predicted molar refractivity (Wildman–Crippen MR) is 306 cm³/mol. The largest absolute Gasteiger partial charge is 0.486 e. The van der Waals surface area contributed by atoms with E-state index < -0.39 is 36.0 Å². The average Bonchev–Trinajstić information content (AvgIpc) is 4.39. The number of H-pyrrole nitrogens is 1. The van der Waals surface area contributed by atoms with E-state index >= 15 is 4.39 Å². The van der Waals surface area contributed by atoms with Gasteiger partial charge in [-0.25, -0.2) is 14.1 Å². The normalized spacial score (nSPS) is 20.0. The number of amides is 2. The van der Waals surface area contributed by atoms with Gasteiger partial charge in [0.15, 0.2) is 5.75 Å². The Morgan fingerprint density at radius 2 is 1.77 bits per heavy atom. The average molecular weight is 1140 g/mol. The van der Waals surface area contributed by atoms with Crippen LogP contribution in [0.3, 0.4) is 0 Å². The highest BCUT2D eigenvalue weighted by molar-refractivity contribution is 7.13. The number of hydrogen-bond acceptors (Lipinski definition) is 16. The monoisotopic (exact) mass is 1140 g/mol. The molecule has 8 aromatic rings. The van der Waals surface area contributed by atoms with Crippen molar-refractivity contribution in [2.75, 3.05) is 44.9 Å². The number of carbonyl (C=O) groups is 2. The van der Waals surface area contributed by atoms with Gasteiger partial charge in [-0.3, -0.25) is 14.7 Å². The Hall–Kier alpha value is -7.14. The van der Waals surface area contributed by atoms with Gasteiger partial charge in [0, 0.05) is 72.7 Å². The molecule has 4 fully saturated rings. The number of anilines is 1. The molecule has 19 nitrogen and oxygen atoms in total. The van der Waals surface area contributed by atoms with Crippen LogP contribution in [0.25, 0.3) is 54.6 Å². The lowest BCUT2D eigenvalue weighted by Gasteiger charge is -2.30. The number of aromatic amines is 1. The Bertz CT molecular complexity index is 3670. The first-order valence-electron chi connectivity index (χ1n) is 27.6. The number of benzene rings is 4. The molecule has 0 spiro atoms. The maximum atomic E-state index is 16.4. The zero-order valence-electron chi connectivity index (χ0n) is 45.8. The third-order valence-corrected chi connectivity index (χ3v) is 17.7. The summed E-state index contributed by atoms with van der Waals surface area (Å²) in [4.78, 5) is 48.0. The number of likely N-dealkylation sites (tertiary alicyclic amines) is 1. The van der Waals surface area contributed by atoms with Crippen LogP contribution in [-0.2, 0) is 20.9 Å². The van der Waals surface area contributed by atoms with Gasteiger partial charge in [0.05, 0.1) is 58.8 Å². The molecule has 422 valence electrons. The molecular formula is C59H64ClFN12O7S. The van der Waals surface area contributed by atoms with Crippen LogP contribution in [0.1, 0.15) is 92.4 Å². The number of halogens is 2. The summed E-state index contributed by atoms with van der Waals surface area (Å²) in [6.07, 6.45) is 5.15. The molecular weight excluding hydrogens is 1080 g/mol. The predicted octanol–water partition coefficient (Wildman–Crippen LogP) is 8.39. The lowest BCUT2D eigenvalue weighted by atomic mass is 9.88. The molecule has 7 atom stereocenters. The van der Waals surface area contributed by atoms with Crippen LogP contribution in [0.4, 0.5) is 10.2 Å². The molecule has 1 aliphatic carbocycles. The summed E-state index contributed by atoms with van der Waals surface area (Å²) >= 11 is 8.19. The number of methoxy groups -OCH3 is 1. The van der Waals surface area contributed by atoms with Crippen molar-refractivity contribution < 1.29 is 38.4 Å². The van der Waals surface area contributed by atoms with E-state index in [0.717, 1.165) is 76.4 Å². The fourth-order valence-corrected chi connectivity index (χ4v) is 12.9. The van der Waals surface area contributed by atoms with E-state index in [2.05, 4.69) is 47.1 Å². The van der Waals surface area contributed by atoms with Crippen LogP contribution in [-0.4, -0.2) is 137 Å². The number of fused-ring (bicyclic) bond motifs is 4. The van der Waals surface area contributed by atoms with Crippen molar-refractivity contribution in [1.82, 2.24) is 55.7 Å². The lowest BCUT2D eigenvalue weighted by molar-refractivity contribution is -0.142. The first-order chi connectivity index (χ1) is 39.2. The minimum Gasteiger partial charge on any atom is -0.486 e. The van der Waals surface area contributed by atoms with Crippen LogP contribution in [0.2, 0.25) is 5.02 Å². The van der Waals surface area contributed by atoms with Crippen molar-refractivity contribution in [3.8, 4) is 44.6 Å². The highest BCUT2D eigenvalue weighted by Gasteiger charge is 2.44. The minimum atomic E-state index is -0.986. The van der Waals surface area contributed by atoms with Crippen LogP contribution in [0.15, 0.2) is 72.5 Å². The maximum Gasteiger partial charge on any atom is 0.319 e. The number of ether oxygens (including phenoxy) is 3. The molecule has 3 aliphatic heterocycles. The Kier molecular flexibility index (Phi) is 15.0. The van der Waals surface area contributed by atoms with E-state index in [4.69, 9.17) is 35.8 Å². The second-order valence-electron chi connectivity index (χ2n) is 22.2. The van der Waals surface area contributed by atoms with Gasteiger partial charge in [0.25, 0.3) is 0 Å². The third-order valence-electron chi connectivity index (χ3n) is 16.4. The van der Waals surface area contributed by atoms with Gasteiger partial charge >= 0.3 is 6.01 Å². The van der Waals surface area contributed by atoms with E-state index in [1.54, 1.807) is 31.9 Å². The van der Waals surface area contributed by atoms with E-state index in [0.29, 0.717) is 56.2 Å². The highest BCUT2D eigenvalue weighted by Crippen LogP contribution is 2.54. The van der Waals surface area contributed by atoms with E-state index in [1.165, 1.54) is 20.9 Å². The molecule has 3 saturated heterocycles. The molecule has 4 aromatic heterocycles. The first kappa shape index (κ1) is 54.4. The number of rotatable bonds is 19. The summed E-state index contributed by atoms with van der Waals surface area (Å²) in [6, 6.07) is 15.6. The number of nitrogens with zero attached hydrogens (tertiary/aromatic N) is 9. The number of hydrogen-bond donors (Lipinski definition) is 5. The molecule has 1 saturated carbocycles. The fraction of sp³-hybridized carbons (Fsp3) is 0.424. The number of aliphatic hydroxyl groups is 2.